The molecule has 0 spiro atoms. The first-order chi connectivity index (χ1) is 5.57. The molecule has 0 aliphatic carbocycles. The van der Waals surface area contributed by atoms with Gasteiger partial charge < -0.3 is 30.9 Å². The lowest BCUT2D eigenvalue weighted by Gasteiger charge is -2.38. The Balaban J connectivity index is 2.63. The Morgan fingerprint density at radius 3 is 2.25 bits per heavy atom. The number of nitrogens with two attached hydrogens (primary N) is 1. The Bertz CT molecular complexity index is 150. The van der Waals surface area contributed by atoms with Crippen molar-refractivity contribution in [3.8, 4) is 0 Å². The first-order valence-corrected chi connectivity index (χ1v) is 3.64. The average molecular weight is 179 g/mol. The van der Waals surface area contributed by atoms with Gasteiger partial charge in [-0.1, -0.05) is 0 Å². The Morgan fingerprint density at radius 2 is 1.75 bits per heavy atom. The van der Waals surface area contributed by atoms with Gasteiger partial charge in [0, 0.05) is 0 Å². The molecule has 6 heteroatoms. The van der Waals surface area contributed by atoms with Crippen molar-refractivity contribution in [1.29, 1.82) is 0 Å². The number of hydrogen-bond acceptors (Lipinski definition) is 6. The first-order valence-electron chi connectivity index (χ1n) is 3.64. The van der Waals surface area contributed by atoms with Crippen molar-refractivity contribution in [1.82, 2.24) is 0 Å². The molecule has 0 saturated carbocycles. The minimum Gasteiger partial charge on any atom is -0.394 e. The fraction of sp³-hybridized carbons (Fsp3) is 1.00. The van der Waals surface area contributed by atoms with E-state index in [0.29, 0.717) is 0 Å². The Kier molecular flexibility index (Phi) is 2.99. The van der Waals surface area contributed by atoms with Crippen LogP contribution < -0.4 is 5.73 Å². The molecule has 0 aromatic carbocycles. The molecule has 72 valence electrons. The summed E-state index contributed by atoms with van der Waals surface area (Å²) in [6, 6.07) is -1.04. The van der Waals surface area contributed by atoms with Gasteiger partial charge in [0.15, 0.2) is 6.29 Å². The lowest BCUT2D eigenvalue weighted by molar-refractivity contribution is -0.248. The van der Waals surface area contributed by atoms with E-state index in [4.69, 9.17) is 20.7 Å². The van der Waals surface area contributed by atoms with Crippen molar-refractivity contribution in [2.24, 2.45) is 5.73 Å². The third-order valence-corrected chi connectivity index (χ3v) is 1.95. The van der Waals surface area contributed by atoms with Gasteiger partial charge in [0.2, 0.25) is 0 Å². The maximum absolute atomic E-state index is 9.20. The van der Waals surface area contributed by atoms with E-state index in [-0.39, 0.29) is 0 Å². The second-order valence-corrected chi connectivity index (χ2v) is 2.81. The average Bonchev–Trinajstić information content (AvgIpc) is 2.08. The highest BCUT2D eigenvalue weighted by Crippen LogP contribution is 2.17. The molecule has 0 bridgehead atoms. The lowest BCUT2D eigenvalue weighted by Crippen LogP contribution is -2.61. The predicted octanol–water partition coefficient (Wildman–Crippen LogP) is -3.26. The fourth-order valence-corrected chi connectivity index (χ4v) is 1.12. The molecule has 6 nitrogen and oxygen atoms in total. The van der Waals surface area contributed by atoms with Crippen molar-refractivity contribution >= 4 is 0 Å². The van der Waals surface area contributed by atoms with Crippen molar-refractivity contribution in [3.63, 3.8) is 0 Å². The van der Waals surface area contributed by atoms with Crippen LogP contribution in [-0.2, 0) is 4.74 Å². The number of rotatable bonds is 1. The molecule has 0 radical (unpaired) electrons. The van der Waals surface area contributed by atoms with Crippen LogP contribution in [0.25, 0.3) is 0 Å². The van der Waals surface area contributed by atoms with Crippen LogP contribution in [-0.4, -0.2) is 57.7 Å². The van der Waals surface area contributed by atoms with E-state index in [9.17, 15) is 10.2 Å². The fourth-order valence-electron chi connectivity index (χ4n) is 1.12. The monoisotopic (exact) mass is 179 g/mol. The molecule has 1 aliphatic heterocycles. The van der Waals surface area contributed by atoms with E-state index in [2.05, 4.69) is 0 Å². The summed E-state index contributed by atoms with van der Waals surface area (Å²) in [6.07, 6.45) is -4.85. The van der Waals surface area contributed by atoms with Crippen LogP contribution >= 0.6 is 0 Å². The Hall–Kier alpha value is -0.240. The van der Waals surface area contributed by atoms with Gasteiger partial charge in [-0.2, -0.15) is 0 Å². The SMILES string of the molecule is N[C@H]1[C@H](O)[C@H](O)[C@H](CO)O[C@@H]1O. The predicted molar refractivity (Wildman–Crippen MR) is 38.0 cm³/mol. The zero-order valence-electron chi connectivity index (χ0n) is 6.37. The third-order valence-electron chi connectivity index (χ3n) is 1.95. The molecule has 1 heterocycles. The zero-order chi connectivity index (χ0) is 9.30. The summed E-state index contributed by atoms with van der Waals surface area (Å²) in [5, 5.41) is 36.1. The maximum atomic E-state index is 9.20. The molecule has 0 amide bonds. The number of ether oxygens (including phenoxy) is 1. The summed E-state index contributed by atoms with van der Waals surface area (Å²) in [5.41, 5.74) is 5.26. The minimum atomic E-state index is -1.35. The normalized spacial score (nSPS) is 49.2. The molecule has 6 N–H and O–H groups in total. The first kappa shape index (κ1) is 9.85. The van der Waals surface area contributed by atoms with Crippen molar-refractivity contribution in [3.05, 3.63) is 0 Å². The standard InChI is InChI=1S/C6H13NO5/c7-3-5(10)4(9)2(1-8)12-6(3)11/h2-6,8-11H,1,7H2/t2-,3-,4+,5-,6-/m0/s1. The topological polar surface area (TPSA) is 116 Å². The molecule has 1 rings (SSSR count). The van der Waals surface area contributed by atoms with Crippen LogP contribution in [0.5, 0.6) is 0 Å². The van der Waals surface area contributed by atoms with E-state index in [1.165, 1.54) is 0 Å². The van der Waals surface area contributed by atoms with Crippen LogP contribution in [0.1, 0.15) is 0 Å². The van der Waals surface area contributed by atoms with Gasteiger partial charge in [0.25, 0.3) is 0 Å². The number of aliphatic hydroxyl groups is 4. The highest BCUT2D eigenvalue weighted by Gasteiger charge is 2.41. The van der Waals surface area contributed by atoms with Crippen molar-refractivity contribution in [2.75, 3.05) is 6.61 Å². The van der Waals surface area contributed by atoms with Gasteiger partial charge in [-0.05, 0) is 0 Å². The molecule has 1 saturated heterocycles. The van der Waals surface area contributed by atoms with E-state index < -0.39 is 37.3 Å². The number of hydrogen-bond donors (Lipinski definition) is 5. The molecule has 0 aromatic rings. The van der Waals surface area contributed by atoms with Crippen LogP contribution in [0.2, 0.25) is 0 Å². The Labute approximate surface area is 69.2 Å². The van der Waals surface area contributed by atoms with E-state index in [1.54, 1.807) is 0 Å². The zero-order valence-corrected chi connectivity index (χ0v) is 6.37. The molecule has 0 unspecified atom stereocenters. The molecular weight excluding hydrogens is 166 g/mol. The number of aliphatic hydroxyl groups excluding tert-OH is 4. The highest BCUT2D eigenvalue weighted by atomic mass is 16.6. The van der Waals surface area contributed by atoms with Gasteiger partial charge in [0.1, 0.15) is 18.3 Å². The van der Waals surface area contributed by atoms with Crippen LogP contribution in [0, 0.1) is 0 Å². The maximum Gasteiger partial charge on any atom is 0.173 e. The minimum absolute atomic E-state index is 0.470. The highest BCUT2D eigenvalue weighted by molar-refractivity contribution is 4.90. The van der Waals surface area contributed by atoms with Gasteiger partial charge >= 0.3 is 0 Å². The molecule has 1 aliphatic rings. The van der Waals surface area contributed by atoms with Gasteiger partial charge in [-0.25, -0.2) is 0 Å². The summed E-state index contributed by atoms with van der Waals surface area (Å²) < 4.78 is 4.70. The van der Waals surface area contributed by atoms with Crippen LogP contribution in [0.15, 0.2) is 0 Å². The van der Waals surface area contributed by atoms with Crippen LogP contribution in [0.4, 0.5) is 0 Å². The third kappa shape index (κ3) is 1.58. The van der Waals surface area contributed by atoms with Crippen LogP contribution in [0.3, 0.4) is 0 Å². The summed E-state index contributed by atoms with van der Waals surface area (Å²) in [6.45, 7) is -0.470. The molecule has 12 heavy (non-hydrogen) atoms. The second kappa shape index (κ2) is 3.65. The van der Waals surface area contributed by atoms with E-state index >= 15 is 0 Å². The summed E-state index contributed by atoms with van der Waals surface area (Å²) >= 11 is 0. The van der Waals surface area contributed by atoms with Gasteiger partial charge in [-0.3, -0.25) is 0 Å². The molecule has 1 fully saturated rings. The largest absolute Gasteiger partial charge is 0.394 e. The lowest BCUT2D eigenvalue weighted by atomic mass is 9.98. The van der Waals surface area contributed by atoms with E-state index in [1.807, 2.05) is 0 Å². The summed E-state index contributed by atoms with van der Waals surface area (Å²) in [7, 11) is 0. The second-order valence-electron chi connectivity index (χ2n) is 2.81. The smallest absolute Gasteiger partial charge is 0.173 e. The molecule has 0 aromatic heterocycles. The molecular formula is C6H13NO5. The summed E-state index contributed by atoms with van der Waals surface area (Å²) in [4.78, 5) is 0. The van der Waals surface area contributed by atoms with Gasteiger partial charge in [-0.15, -0.1) is 0 Å². The van der Waals surface area contributed by atoms with Gasteiger partial charge in [0.05, 0.1) is 12.6 Å². The molecule has 5 atom stereocenters. The van der Waals surface area contributed by atoms with Crippen molar-refractivity contribution in [2.45, 2.75) is 30.6 Å². The quantitative estimate of drug-likeness (QED) is 0.288. The Morgan fingerprint density at radius 1 is 1.17 bits per heavy atom. The van der Waals surface area contributed by atoms with Crippen molar-refractivity contribution < 1.29 is 25.2 Å². The summed E-state index contributed by atoms with van der Waals surface area (Å²) in [5.74, 6) is 0. The van der Waals surface area contributed by atoms with E-state index in [0.717, 1.165) is 0 Å².